The van der Waals surface area contributed by atoms with Gasteiger partial charge in [0.25, 0.3) is 0 Å². The molecule has 0 atom stereocenters. The standard InChI is InChI=1S/C20H19N3O3S2/c1-26-20(25)12-6-2-4-8-14(12)23-16(24)10-27-18-17-13-7-3-5-9-15(13)28-19(17)22-11-21-18/h2,4,6,8,11H,3,5,7,9-10H2,1H3,(H,23,24). The van der Waals surface area contributed by atoms with Crippen molar-refractivity contribution in [3.05, 3.63) is 46.6 Å². The number of carbonyl (C=O) groups is 2. The van der Waals surface area contributed by atoms with E-state index in [2.05, 4.69) is 15.3 Å². The lowest BCUT2D eigenvalue weighted by Crippen LogP contribution is -2.17. The molecular formula is C20H19N3O3S2. The van der Waals surface area contributed by atoms with E-state index in [1.165, 1.54) is 42.2 Å². The molecule has 0 radical (unpaired) electrons. The maximum absolute atomic E-state index is 12.5. The lowest BCUT2D eigenvalue weighted by molar-refractivity contribution is -0.113. The molecule has 0 aliphatic heterocycles. The molecule has 144 valence electrons. The Kier molecular flexibility index (Phi) is 5.59. The van der Waals surface area contributed by atoms with E-state index in [4.69, 9.17) is 4.74 Å². The highest BCUT2D eigenvalue weighted by molar-refractivity contribution is 8.00. The molecule has 0 unspecified atom stereocenters. The number of amides is 1. The normalized spacial score (nSPS) is 13.2. The second kappa shape index (κ2) is 8.28. The van der Waals surface area contributed by atoms with Crippen LogP contribution in [-0.4, -0.2) is 34.7 Å². The smallest absolute Gasteiger partial charge is 0.339 e. The highest BCUT2D eigenvalue weighted by Crippen LogP contribution is 2.39. The predicted octanol–water partition coefficient (Wildman–Crippen LogP) is 4.09. The summed E-state index contributed by atoms with van der Waals surface area (Å²) < 4.78 is 4.77. The molecule has 28 heavy (non-hydrogen) atoms. The number of carbonyl (C=O) groups excluding carboxylic acids is 2. The van der Waals surface area contributed by atoms with Crippen molar-refractivity contribution in [3.63, 3.8) is 0 Å². The van der Waals surface area contributed by atoms with Gasteiger partial charge in [-0.1, -0.05) is 23.9 Å². The number of benzene rings is 1. The van der Waals surface area contributed by atoms with Crippen LogP contribution in [0.5, 0.6) is 0 Å². The number of rotatable bonds is 5. The van der Waals surface area contributed by atoms with Gasteiger partial charge < -0.3 is 10.1 Å². The number of aromatic nitrogens is 2. The Bertz CT molecular complexity index is 1050. The molecule has 1 amide bonds. The van der Waals surface area contributed by atoms with Gasteiger partial charge in [0.05, 0.1) is 24.1 Å². The van der Waals surface area contributed by atoms with Gasteiger partial charge in [0, 0.05) is 10.3 Å². The Morgan fingerprint density at radius 2 is 2.04 bits per heavy atom. The monoisotopic (exact) mass is 413 g/mol. The minimum Gasteiger partial charge on any atom is -0.465 e. The Labute approximate surface area is 170 Å². The molecule has 2 aromatic heterocycles. The molecular weight excluding hydrogens is 394 g/mol. The number of para-hydroxylation sites is 1. The van der Waals surface area contributed by atoms with Gasteiger partial charge in [0.2, 0.25) is 5.91 Å². The van der Waals surface area contributed by atoms with Crippen LogP contribution in [0.3, 0.4) is 0 Å². The number of ether oxygens (including phenoxy) is 1. The summed E-state index contributed by atoms with van der Waals surface area (Å²) in [5, 5.41) is 4.75. The number of esters is 1. The van der Waals surface area contributed by atoms with Gasteiger partial charge in [-0.2, -0.15) is 0 Å². The number of hydrogen-bond acceptors (Lipinski definition) is 7. The van der Waals surface area contributed by atoms with E-state index in [1.54, 1.807) is 41.9 Å². The number of thioether (sulfide) groups is 1. The van der Waals surface area contributed by atoms with Crippen molar-refractivity contribution in [2.45, 2.75) is 30.7 Å². The highest BCUT2D eigenvalue weighted by Gasteiger charge is 2.21. The zero-order chi connectivity index (χ0) is 19.5. The fourth-order valence-electron chi connectivity index (χ4n) is 3.37. The third kappa shape index (κ3) is 3.74. The molecule has 1 N–H and O–H groups in total. The van der Waals surface area contributed by atoms with Crippen LogP contribution in [0.2, 0.25) is 0 Å². The van der Waals surface area contributed by atoms with Crippen molar-refractivity contribution in [1.82, 2.24) is 9.97 Å². The number of hydrogen-bond donors (Lipinski definition) is 1. The maximum atomic E-state index is 12.5. The predicted molar refractivity (Wildman–Crippen MR) is 111 cm³/mol. The van der Waals surface area contributed by atoms with E-state index in [9.17, 15) is 9.59 Å². The number of fused-ring (bicyclic) bond motifs is 3. The maximum Gasteiger partial charge on any atom is 0.339 e. The molecule has 0 saturated heterocycles. The van der Waals surface area contributed by atoms with Gasteiger partial charge in [-0.15, -0.1) is 11.3 Å². The summed E-state index contributed by atoms with van der Waals surface area (Å²) in [5.41, 5.74) is 2.13. The summed E-state index contributed by atoms with van der Waals surface area (Å²) in [4.78, 5) is 35.6. The third-order valence-electron chi connectivity index (χ3n) is 4.66. The minimum atomic E-state index is -0.481. The largest absolute Gasteiger partial charge is 0.465 e. The second-order valence-corrected chi connectivity index (χ2v) is 8.49. The fraction of sp³-hybridized carbons (Fsp3) is 0.300. The number of aryl methyl sites for hydroxylation is 2. The molecule has 8 heteroatoms. The Morgan fingerprint density at radius 3 is 2.89 bits per heavy atom. The van der Waals surface area contributed by atoms with E-state index < -0.39 is 5.97 Å². The van der Waals surface area contributed by atoms with Crippen molar-refractivity contribution in [3.8, 4) is 0 Å². The molecule has 2 heterocycles. The molecule has 1 aliphatic carbocycles. The Morgan fingerprint density at radius 1 is 1.21 bits per heavy atom. The first-order valence-electron chi connectivity index (χ1n) is 9.02. The van der Waals surface area contributed by atoms with Crippen LogP contribution in [0.15, 0.2) is 35.6 Å². The second-order valence-electron chi connectivity index (χ2n) is 6.44. The molecule has 6 nitrogen and oxygen atoms in total. The van der Waals surface area contributed by atoms with Crippen molar-refractivity contribution in [2.75, 3.05) is 18.2 Å². The van der Waals surface area contributed by atoms with Crippen molar-refractivity contribution in [1.29, 1.82) is 0 Å². The average molecular weight is 414 g/mol. The van der Waals surface area contributed by atoms with Gasteiger partial charge >= 0.3 is 5.97 Å². The van der Waals surface area contributed by atoms with E-state index in [1.807, 2.05) is 0 Å². The zero-order valence-corrected chi connectivity index (χ0v) is 17.0. The summed E-state index contributed by atoms with van der Waals surface area (Å²) in [5.74, 6) is -0.477. The molecule has 3 aromatic rings. The van der Waals surface area contributed by atoms with Crippen molar-refractivity contribution >= 4 is 50.9 Å². The minimum absolute atomic E-state index is 0.197. The Hall–Kier alpha value is -2.45. The average Bonchev–Trinajstić information content (AvgIpc) is 3.11. The molecule has 0 bridgehead atoms. The molecule has 0 spiro atoms. The number of nitrogens with zero attached hydrogens (tertiary/aromatic N) is 2. The van der Waals surface area contributed by atoms with Crippen molar-refractivity contribution < 1.29 is 14.3 Å². The summed E-state index contributed by atoms with van der Waals surface area (Å²) in [6.07, 6.45) is 6.12. The van der Waals surface area contributed by atoms with E-state index in [0.29, 0.717) is 11.3 Å². The van der Waals surface area contributed by atoms with Gasteiger partial charge in [-0.25, -0.2) is 14.8 Å². The van der Waals surface area contributed by atoms with Gasteiger partial charge in [-0.3, -0.25) is 4.79 Å². The van der Waals surface area contributed by atoms with Crippen LogP contribution in [-0.2, 0) is 22.4 Å². The van der Waals surface area contributed by atoms with Crippen LogP contribution in [0.4, 0.5) is 5.69 Å². The van der Waals surface area contributed by atoms with Gasteiger partial charge in [-0.05, 0) is 43.4 Å². The topological polar surface area (TPSA) is 81.2 Å². The molecule has 1 aromatic carbocycles. The SMILES string of the molecule is COC(=O)c1ccccc1NC(=O)CSc1ncnc2sc3c(c12)CCCC3. The summed E-state index contributed by atoms with van der Waals surface area (Å²) >= 11 is 3.14. The molecule has 4 rings (SSSR count). The first-order valence-corrected chi connectivity index (χ1v) is 10.8. The summed E-state index contributed by atoms with van der Waals surface area (Å²) in [6, 6.07) is 6.81. The number of methoxy groups -OCH3 is 1. The number of thiophene rings is 1. The first kappa shape index (κ1) is 18.9. The molecule has 0 saturated carbocycles. The highest BCUT2D eigenvalue weighted by atomic mass is 32.2. The van der Waals surface area contributed by atoms with Gasteiger partial charge in [0.1, 0.15) is 16.2 Å². The number of anilines is 1. The van der Waals surface area contributed by atoms with Crippen molar-refractivity contribution in [2.24, 2.45) is 0 Å². The van der Waals surface area contributed by atoms with E-state index >= 15 is 0 Å². The first-order chi connectivity index (χ1) is 13.7. The number of nitrogens with one attached hydrogen (secondary N) is 1. The van der Waals surface area contributed by atoms with Crippen LogP contribution in [0.25, 0.3) is 10.2 Å². The molecule has 0 fully saturated rings. The van der Waals surface area contributed by atoms with Crippen LogP contribution in [0.1, 0.15) is 33.6 Å². The van der Waals surface area contributed by atoms with E-state index in [-0.39, 0.29) is 11.7 Å². The van der Waals surface area contributed by atoms with Crippen LogP contribution < -0.4 is 5.32 Å². The summed E-state index contributed by atoms with van der Waals surface area (Å²) in [6.45, 7) is 0. The lowest BCUT2D eigenvalue weighted by Gasteiger charge is -2.12. The Balaban J connectivity index is 1.51. The summed E-state index contributed by atoms with van der Waals surface area (Å²) in [7, 11) is 1.32. The van der Waals surface area contributed by atoms with Crippen LogP contribution >= 0.6 is 23.1 Å². The van der Waals surface area contributed by atoms with Crippen LogP contribution in [0, 0.1) is 0 Å². The lowest BCUT2D eigenvalue weighted by atomic mass is 9.97. The molecule has 1 aliphatic rings. The fourth-order valence-corrected chi connectivity index (χ4v) is 5.49. The zero-order valence-electron chi connectivity index (χ0n) is 15.4. The van der Waals surface area contributed by atoms with Gasteiger partial charge in [0.15, 0.2) is 0 Å². The van der Waals surface area contributed by atoms with E-state index in [0.717, 1.165) is 28.1 Å². The quantitative estimate of drug-likeness (QED) is 0.385. The third-order valence-corrected chi connectivity index (χ3v) is 6.85.